The molecular formula is C18H12ClO2P. The van der Waals surface area contributed by atoms with Crippen molar-refractivity contribution in [2.75, 3.05) is 0 Å². The lowest BCUT2D eigenvalue weighted by Crippen LogP contribution is -2.30. The van der Waals surface area contributed by atoms with Crippen molar-refractivity contribution in [1.29, 1.82) is 0 Å². The van der Waals surface area contributed by atoms with E-state index in [1.165, 1.54) is 0 Å². The van der Waals surface area contributed by atoms with Gasteiger partial charge in [0, 0.05) is 10.3 Å². The minimum Gasteiger partial charge on any atom is -0.456 e. The van der Waals surface area contributed by atoms with E-state index in [1.54, 1.807) is 18.2 Å². The lowest BCUT2D eigenvalue weighted by molar-refractivity contribution is 0.485. The van der Waals surface area contributed by atoms with E-state index in [0.717, 1.165) is 10.6 Å². The van der Waals surface area contributed by atoms with Crippen LogP contribution in [0.3, 0.4) is 0 Å². The van der Waals surface area contributed by atoms with E-state index in [0.29, 0.717) is 21.8 Å². The lowest BCUT2D eigenvalue weighted by atomic mass is 10.3. The molecule has 0 radical (unpaired) electrons. The molecule has 1 aliphatic heterocycles. The highest BCUT2D eigenvalue weighted by molar-refractivity contribution is 7.85. The van der Waals surface area contributed by atoms with E-state index in [9.17, 15) is 4.57 Å². The van der Waals surface area contributed by atoms with Gasteiger partial charge in [0.2, 0.25) is 0 Å². The Morgan fingerprint density at radius 1 is 0.773 bits per heavy atom. The summed E-state index contributed by atoms with van der Waals surface area (Å²) in [5, 5.41) is 2.72. The fraction of sp³-hybridized carbons (Fsp3) is 0. The molecule has 3 aromatic carbocycles. The van der Waals surface area contributed by atoms with Crippen LogP contribution in [0.25, 0.3) is 0 Å². The van der Waals surface area contributed by atoms with Crippen LogP contribution in [-0.2, 0) is 4.57 Å². The average molecular weight is 327 g/mol. The predicted octanol–water partition coefficient (Wildman–Crippen LogP) is 4.09. The van der Waals surface area contributed by atoms with E-state index >= 15 is 0 Å². The van der Waals surface area contributed by atoms with Crippen molar-refractivity contribution >= 4 is 34.7 Å². The monoisotopic (exact) mass is 326 g/mol. The molecule has 2 nitrogen and oxygen atoms in total. The van der Waals surface area contributed by atoms with Gasteiger partial charge in [0.1, 0.15) is 11.5 Å². The van der Waals surface area contributed by atoms with Crippen molar-refractivity contribution in [2.24, 2.45) is 0 Å². The molecule has 1 aliphatic rings. The Balaban J connectivity index is 2.10. The second kappa shape index (κ2) is 5.01. The molecule has 4 heteroatoms. The van der Waals surface area contributed by atoms with E-state index in [-0.39, 0.29) is 0 Å². The van der Waals surface area contributed by atoms with E-state index in [4.69, 9.17) is 16.3 Å². The quantitative estimate of drug-likeness (QED) is 0.493. The van der Waals surface area contributed by atoms with Crippen molar-refractivity contribution in [1.82, 2.24) is 0 Å². The van der Waals surface area contributed by atoms with E-state index < -0.39 is 7.14 Å². The molecule has 108 valence electrons. The molecule has 1 unspecified atom stereocenters. The molecule has 0 saturated carbocycles. The molecule has 0 aromatic heterocycles. The van der Waals surface area contributed by atoms with Gasteiger partial charge in [-0.2, -0.15) is 0 Å². The first kappa shape index (κ1) is 13.6. The van der Waals surface area contributed by atoms with Gasteiger partial charge in [-0.1, -0.05) is 54.1 Å². The highest BCUT2D eigenvalue weighted by Crippen LogP contribution is 2.51. The summed E-state index contributed by atoms with van der Waals surface area (Å²) in [5.74, 6) is 1.25. The highest BCUT2D eigenvalue weighted by Gasteiger charge is 2.38. The molecule has 4 rings (SSSR count). The van der Waals surface area contributed by atoms with Gasteiger partial charge in [-0.3, -0.25) is 0 Å². The van der Waals surface area contributed by atoms with Crippen molar-refractivity contribution in [2.45, 2.75) is 0 Å². The normalized spacial score (nSPS) is 19.0. The van der Waals surface area contributed by atoms with Crippen molar-refractivity contribution in [3.05, 3.63) is 77.8 Å². The van der Waals surface area contributed by atoms with Crippen LogP contribution in [0.5, 0.6) is 11.5 Å². The number of fused-ring (bicyclic) bond motifs is 2. The van der Waals surface area contributed by atoms with Gasteiger partial charge < -0.3 is 9.30 Å². The summed E-state index contributed by atoms with van der Waals surface area (Å²) >= 11 is 6.14. The Labute approximate surface area is 133 Å². The van der Waals surface area contributed by atoms with Gasteiger partial charge >= 0.3 is 0 Å². The highest BCUT2D eigenvalue weighted by atomic mass is 35.5. The molecule has 0 amide bonds. The van der Waals surface area contributed by atoms with Gasteiger partial charge in [0.05, 0.1) is 10.6 Å². The third-order valence-corrected chi connectivity index (χ3v) is 7.14. The maximum atomic E-state index is 14.1. The minimum absolute atomic E-state index is 0.554. The third-order valence-electron chi connectivity index (χ3n) is 3.80. The summed E-state index contributed by atoms with van der Waals surface area (Å²) in [6, 6.07) is 22.3. The SMILES string of the molecule is O=P1(c2ccccc2)c2ccccc2Oc2ccc(Cl)cc21. The van der Waals surface area contributed by atoms with Gasteiger partial charge in [-0.25, -0.2) is 0 Å². The number of hydrogen-bond donors (Lipinski definition) is 0. The summed E-state index contributed by atoms with van der Waals surface area (Å²) in [6.07, 6.45) is 0. The summed E-state index contributed by atoms with van der Waals surface area (Å²) in [4.78, 5) is 0. The summed E-state index contributed by atoms with van der Waals surface area (Å²) in [6.45, 7) is 0. The van der Waals surface area contributed by atoms with Crippen molar-refractivity contribution in [3.63, 3.8) is 0 Å². The summed E-state index contributed by atoms with van der Waals surface area (Å²) in [5.41, 5.74) is 0. The molecule has 0 spiro atoms. The molecule has 0 aliphatic carbocycles. The lowest BCUT2D eigenvalue weighted by Gasteiger charge is -2.28. The molecule has 0 N–H and O–H groups in total. The number of hydrogen-bond acceptors (Lipinski definition) is 2. The van der Waals surface area contributed by atoms with Crippen LogP contribution >= 0.6 is 18.7 Å². The van der Waals surface area contributed by atoms with Crippen LogP contribution in [0.1, 0.15) is 0 Å². The molecule has 0 saturated heterocycles. The van der Waals surface area contributed by atoms with Gasteiger partial charge in [0.15, 0.2) is 7.14 Å². The third kappa shape index (κ3) is 1.92. The second-order valence-corrected chi connectivity index (χ2v) is 8.26. The Kier molecular flexibility index (Phi) is 3.11. The number of benzene rings is 3. The van der Waals surface area contributed by atoms with Crippen LogP contribution in [0.2, 0.25) is 5.02 Å². The largest absolute Gasteiger partial charge is 0.456 e. The topological polar surface area (TPSA) is 26.3 Å². The number of para-hydroxylation sites is 1. The standard InChI is InChI=1S/C18H12ClO2P/c19-13-10-11-16-18(12-13)22(20,14-6-2-1-3-7-14)17-9-5-4-8-15(17)21-16/h1-12H. The summed E-state index contributed by atoms with van der Waals surface area (Å²) in [7, 11) is -2.98. The first-order chi connectivity index (χ1) is 10.7. The van der Waals surface area contributed by atoms with Crippen LogP contribution in [-0.4, -0.2) is 0 Å². The number of halogens is 1. The molecule has 1 atom stereocenters. The maximum absolute atomic E-state index is 14.1. The smallest absolute Gasteiger partial charge is 0.178 e. The molecule has 0 fully saturated rings. The van der Waals surface area contributed by atoms with E-state index in [1.807, 2.05) is 54.6 Å². The number of rotatable bonds is 1. The molecular weight excluding hydrogens is 315 g/mol. The fourth-order valence-electron chi connectivity index (χ4n) is 2.79. The molecule has 22 heavy (non-hydrogen) atoms. The van der Waals surface area contributed by atoms with Crippen LogP contribution < -0.4 is 20.7 Å². The fourth-order valence-corrected chi connectivity index (χ4v) is 5.92. The van der Waals surface area contributed by atoms with Gasteiger partial charge in [0.25, 0.3) is 0 Å². The summed E-state index contributed by atoms with van der Waals surface area (Å²) < 4.78 is 20.0. The van der Waals surface area contributed by atoms with E-state index in [2.05, 4.69) is 0 Å². The van der Waals surface area contributed by atoms with Crippen LogP contribution in [0.4, 0.5) is 0 Å². The van der Waals surface area contributed by atoms with Crippen LogP contribution in [0.15, 0.2) is 72.8 Å². The second-order valence-electron chi connectivity index (χ2n) is 5.13. The maximum Gasteiger partial charge on any atom is 0.178 e. The van der Waals surface area contributed by atoms with Crippen LogP contribution in [0, 0.1) is 0 Å². The predicted molar refractivity (Wildman–Crippen MR) is 90.9 cm³/mol. The Morgan fingerprint density at radius 3 is 2.27 bits per heavy atom. The Morgan fingerprint density at radius 2 is 1.45 bits per heavy atom. The Bertz CT molecular complexity index is 906. The van der Waals surface area contributed by atoms with Crippen molar-refractivity contribution in [3.8, 4) is 11.5 Å². The molecule has 1 heterocycles. The molecule has 0 bridgehead atoms. The van der Waals surface area contributed by atoms with Gasteiger partial charge in [-0.05, 0) is 30.3 Å². The zero-order valence-electron chi connectivity index (χ0n) is 11.6. The zero-order valence-corrected chi connectivity index (χ0v) is 13.2. The Hall–Kier alpha value is -2.02. The molecule has 3 aromatic rings. The first-order valence-corrected chi connectivity index (χ1v) is 9.01. The number of ether oxygens (including phenoxy) is 1. The minimum atomic E-state index is -2.98. The van der Waals surface area contributed by atoms with Gasteiger partial charge in [-0.15, -0.1) is 0 Å². The first-order valence-electron chi connectivity index (χ1n) is 6.93. The van der Waals surface area contributed by atoms with Crippen molar-refractivity contribution < 1.29 is 9.30 Å². The zero-order chi connectivity index (χ0) is 15.2. The average Bonchev–Trinajstić information content (AvgIpc) is 2.57.